The molecule has 1 saturated heterocycles. The lowest BCUT2D eigenvalue weighted by atomic mass is 9.76. The molecule has 0 radical (unpaired) electrons. The standard InChI is InChI=1S/C28H45FO5/c1-3-5-6-8-21-19-33-26(34-20-21)23-11-9-22(10-12-23)24(7-4-2)17-25(29)18-27(30)13-15-28(31,32)16-14-27/h4,7,17,21-23,26,30-32H,2-3,5-6,8-16,18-20H2,1H3/b24-7+,25-17+. The summed E-state index contributed by atoms with van der Waals surface area (Å²) in [6.07, 6.45) is 14.1. The monoisotopic (exact) mass is 480 g/mol. The average molecular weight is 481 g/mol. The lowest BCUT2D eigenvalue weighted by molar-refractivity contribution is -0.229. The Morgan fingerprint density at radius 1 is 1.00 bits per heavy atom. The lowest BCUT2D eigenvalue weighted by Crippen LogP contribution is -2.42. The van der Waals surface area contributed by atoms with Gasteiger partial charge in [-0.25, -0.2) is 4.39 Å². The highest BCUT2D eigenvalue weighted by Crippen LogP contribution is 2.40. The van der Waals surface area contributed by atoms with Crippen LogP contribution in [0.2, 0.25) is 0 Å². The molecular weight excluding hydrogens is 435 g/mol. The van der Waals surface area contributed by atoms with E-state index in [1.807, 2.05) is 6.08 Å². The SMILES string of the molecule is C=C/C=C(\C=C(\F)CC1(O)CCC(O)(O)CC1)C1CCC(C2OCC(CCCCC)CO2)CC1. The van der Waals surface area contributed by atoms with Crippen LogP contribution in [0.5, 0.6) is 0 Å². The third-order valence-corrected chi connectivity index (χ3v) is 7.95. The van der Waals surface area contributed by atoms with Crippen LogP contribution >= 0.6 is 0 Å². The minimum absolute atomic E-state index is 0.0565. The smallest absolute Gasteiger partial charge is 0.162 e. The van der Waals surface area contributed by atoms with Crippen molar-refractivity contribution < 1.29 is 29.2 Å². The van der Waals surface area contributed by atoms with E-state index in [1.165, 1.54) is 25.7 Å². The van der Waals surface area contributed by atoms with Gasteiger partial charge in [0.1, 0.15) is 5.83 Å². The number of halogens is 1. The topological polar surface area (TPSA) is 79.2 Å². The van der Waals surface area contributed by atoms with Crippen molar-refractivity contribution in [3.8, 4) is 0 Å². The molecule has 5 nitrogen and oxygen atoms in total. The summed E-state index contributed by atoms with van der Waals surface area (Å²) in [4.78, 5) is 0. The Bertz CT molecular complexity index is 690. The molecule has 2 aliphatic carbocycles. The first-order valence-corrected chi connectivity index (χ1v) is 13.3. The molecule has 0 spiro atoms. The van der Waals surface area contributed by atoms with Crippen molar-refractivity contribution in [3.05, 3.63) is 36.2 Å². The fraction of sp³-hybridized carbons (Fsp3) is 0.786. The maximum Gasteiger partial charge on any atom is 0.162 e. The number of hydrogen-bond donors (Lipinski definition) is 3. The summed E-state index contributed by atoms with van der Waals surface area (Å²) in [5.41, 5.74) is -0.318. The van der Waals surface area contributed by atoms with E-state index in [1.54, 1.807) is 12.2 Å². The van der Waals surface area contributed by atoms with Crippen LogP contribution in [0.1, 0.15) is 90.4 Å². The summed E-state index contributed by atoms with van der Waals surface area (Å²) in [6, 6.07) is 0. The highest BCUT2D eigenvalue weighted by Gasteiger charge is 2.40. The van der Waals surface area contributed by atoms with E-state index in [0.717, 1.165) is 44.5 Å². The zero-order chi connectivity index (χ0) is 24.6. The number of allylic oxidation sites excluding steroid dienone is 4. The molecule has 1 heterocycles. The maximum atomic E-state index is 14.9. The Kier molecular flexibility index (Phi) is 10.3. The Balaban J connectivity index is 1.48. The van der Waals surface area contributed by atoms with Crippen LogP contribution in [0.15, 0.2) is 36.2 Å². The molecule has 3 aliphatic rings. The van der Waals surface area contributed by atoms with Crippen LogP contribution in [0.3, 0.4) is 0 Å². The lowest BCUT2D eigenvalue weighted by Gasteiger charge is -2.38. The average Bonchev–Trinajstić information content (AvgIpc) is 2.82. The molecule has 34 heavy (non-hydrogen) atoms. The van der Waals surface area contributed by atoms with E-state index >= 15 is 0 Å². The van der Waals surface area contributed by atoms with Gasteiger partial charge in [0.15, 0.2) is 12.1 Å². The minimum Gasteiger partial charge on any atom is -0.389 e. The van der Waals surface area contributed by atoms with Crippen molar-refractivity contribution in [1.29, 1.82) is 0 Å². The minimum atomic E-state index is -1.75. The molecule has 3 N–H and O–H groups in total. The predicted octanol–water partition coefficient (Wildman–Crippen LogP) is 5.70. The normalized spacial score (nSPS) is 32.4. The largest absolute Gasteiger partial charge is 0.389 e. The van der Waals surface area contributed by atoms with Gasteiger partial charge in [-0.3, -0.25) is 0 Å². The van der Waals surface area contributed by atoms with E-state index < -0.39 is 11.4 Å². The van der Waals surface area contributed by atoms with Crippen molar-refractivity contribution in [3.63, 3.8) is 0 Å². The molecule has 0 amide bonds. The fourth-order valence-electron chi connectivity index (χ4n) is 5.68. The molecule has 2 saturated carbocycles. The van der Waals surface area contributed by atoms with Crippen LogP contribution in [0.25, 0.3) is 0 Å². The number of rotatable bonds is 10. The van der Waals surface area contributed by atoms with Gasteiger partial charge in [-0.15, -0.1) is 0 Å². The van der Waals surface area contributed by atoms with Crippen LogP contribution in [0.4, 0.5) is 4.39 Å². The number of unbranched alkanes of at least 4 members (excludes halogenated alkanes) is 2. The van der Waals surface area contributed by atoms with Gasteiger partial charge >= 0.3 is 0 Å². The first kappa shape index (κ1) is 27.5. The quantitative estimate of drug-likeness (QED) is 0.212. The molecule has 0 atom stereocenters. The second kappa shape index (κ2) is 12.8. The number of hydrogen-bond acceptors (Lipinski definition) is 5. The fourth-order valence-corrected chi connectivity index (χ4v) is 5.68. The van der Waals surface area contributed by atoms with Crippen LogP contribution in [-0.2, 0) is 9.47 Å². The number of aliphatic hydroxyl groups is 3. The van der Waals surface area contributed by atoms with Gasteiger partial charge in [0.2, 0.25) is 0 Å². The van der Waals surface area contributed by atoms with Gasteiger partial charge in [-0.1, -0.05) is 44.9 Å². The van der Waals surface area contributed by atoms with Crippen molar-refractivity contribution in [2.45, 2.75) is 108 Å². The zero-order valence-electron chi connectivity index (χ0n) is 20.9. The summed E-state index contributed by atoms with van der Waals surface area (Å²) in [5.74, 6) is -0.977. The summed E-state index contributed by atoms with van der Waals surface area (Å²) in [7, 11) is 0. The molecule has 3 rings (SSSR count). The van der Waals surface area contributed by atoms with Crippen LogP contribution in [0, 0.1) is 17.8 Å². The maximum absolute atomic E-state index is 14.9. The van der Waals surface area contributed by atoms with Gasteiger partial charge in [0.05, 0.1) is 18.8 Å². The van der Waals surface area contributed by atoms with Crippen LogP contribution in [-0.4, -0.2) is 46.2 Å². The van der Waals surface area contributed by atoms with Gasteiger partial charge in [-0.05, 0) is 62.5 Å². The third-order valence-electron chi connectivity index (χ3n) is 7.95. The van der Waals surface area contributed by atoms with Gasteiger partial charge < -0.3 is 24.8 Å². The van der Waals surface area contributed by atoms with E-state index in [4.69, 9.17) is 9.47 Å². The van der Waals surface area contributed by atoms with Crippen LogP contribution < -0.4 is 0 Å². The molecule has 0 aromatic carbocycles. The summed E-state index contributed by atoms with van der Waals surface area (Å²) in [5, 5.41) is 30.1. The summed E-state index contributed by atoms with van der Waals surface area (Å²) in [6.45, 7) is 7.60. The predicted molar refractivity (Wildman–Crippen MR) is 131 cm³/mol. The first-order chi connectivity index (χ1) is 16.2. The van der Waals surface area contributed by atoms with E-state index in [2.05, 4.69) is 13.5 Å². The highest BCUT2D eigenvalue weighted by atomic mass is 19.1. The molecule has 0 aromatic rings. The highest BCUT2D eigenvalue weighted by molar-refractivity contribution is 5.28. The Hall–Kier alpha value is -1.05. The molecule has 6 heteroatoms. The molecule has 1 aliphatic heterocycles. The van der Waals surface area contributed by atoms with Gasteiger partial charge in [0, 0.05) is 31.1 Å². The third kappa shape index (κ3) is 8.27. The molecule has 194 valence electrons. The van der Waals surface area contributed by atoms with E-state index in [9.17, 15) is 19.7 Å². The Labute approximate surface area is 204 Å². The van der Waals surface area contributed by atoms with E-state index in [0.29, 0.717) is 11.8 Å². The van der Waals surface area contributed by atoms with Crippen molar-refractivity contribution in [2.75, 3.05) is 13.2 Å². The van der Waals surface area contributed by atoms with Crippen molar-refractivity contribution >= 4 is 0 Å². The second-order valence-electron chi connectivity index (χ2n) is 10.9. The molecular formula is C28H45FO5. The zero-order valence-corrected chi connectivity index (χ0v) is 20.9. The van der Waals surface area contributed by atoms with Crippen molar-refractivity contribution in [1.82, 2.24) is 0 Å². The summed E-state index contributed by atoms with van der Waals surface area (Å²) >= 11 is 0. The van der Waals surface area contributed by atoms with Crippen molar-refractivity contribution in [2.24, 2.45) is 17.8 Å². The first-order valence-electron chi connectivity index (χ1n) is 13.3. The molecule has 0 bridgehead atoms. The Morgan fingerprint density at radius 3 is 2.24 bits per heavy atom. The van der Waals surface area contributed by atoms with Gasteiger partial charge in [0.25, 0.3) is 0 Å². The molecule has 3 fully saturated rings. The van der Waals surface area contributed by atoms with E-state index in [-0.39, 0.29) is 50.1 Å². The summed E-state index contributed by atoms with van der Waals surface area (Å²) < 4.78 is 27.1. The Morgan fingerprint density at radius 2 is 1.65 bits per heavy atom. The molecule has 0 aromatic heterocycles. The second-order valence-corrected chi connectivity index (χ2v) is 10.9. The number of ether oxygens (including phenoxy) is 2. The van der Waals surface area contributed by atoms with Gasteiger partial charge in [-0.2, -0.15) is 0 Å². The molecule has 0 unspecified atom stereocenters.